The van der Waals surface area contributed by atoms with E-state index in [1.54, 1.807) is 12.1 Å². The highest BCUT2D eigenvalue weighted by Crippen LogP contribution is 2.40. The molecular formula is C19H20O5. The lowest BCUT2D eigenvalue weighted by Gasteiger charge is -2.22. The lowest BCUT2D eigenvalue weighted by atomic mass is 9.85. The lowest BCUT2D eigenvalue weighted by molar-refractivity contribution is -0.168. The number of ether oxygens (including phenoxy) is 2. The van der Waals surface area contributed by atoms with Gasteiger partial charge in [0.05, 0.1) is 14.2 Å². The maximum atomic E-state index is 12.0. The smallest absolute Gasteiger partial charge is 0.323 e. The number of methoxy groups -OCH3 is 2. The van der Waals surface area contributed by atoms with Crippen LogP contribution in [-0.2, 0) is 19.1 Å². The summed E-state index contributed by atoms with van der Waals surface area (Å²) in [6.45, 7) is 1.52. The van der Waals surface area contributed by atoms with Crippen LogP contribution in [0, 0.1) is 5.41 Å². The first kappa shape index (κ1) is 17.7. The van der Waals surface area contributed by atoms with Gasteiger partial charge in [-0.15, -0.1) is 0 Å². The molecule has 5 heteroatoms. The second-order valence-electron chi connectivity index (χ2n) is 5.74. The summed E-state index contributed by atoms with van der Waals surface area (Å²) in [5.41, 5.74) is 1.15. The Morgan fingerprint density at radius 1 is 1.00 bits per heavy atom. The van der Waals surface area contributed by atoms with Crippen LogP contribution in [0.3, 0.4) is 0 Å². The van der Waals surface area contributed by atoms with Crippen molar-refractivity contribution in [2.45, 2.75) is 19.8 Å². The molecule has 0 bridgehead atoms. The maximum absolute atomic E-state index is 12.0. The molecule has 0 amide bonds. The second-order valence-corrected chi connectivity index (χ2v) is 5.74. The zero-order valence-corrected chi connectivity index (χ0v) is 14.0. The number of benzene rings is 1. The average molecular weight is 329 g/mol. The van der Waals surface area contributed by atoms with Gasteiger partial charge in [-0.3, -0.25) is 14.4 Å². The molecule has 0 saturated heterocycles. The Bertz CT molecular complexity index is 694. The predicted molar refractivity (Wildman–Crippen MR) is 89.3 cm³/mol. The largest absolute Gasteiger partial charge is 0.468 e. The second kappa shape index (κ2) is 7.25. The van der Waals surface area contributed by atoms with Gasteiger partial charge in [-0.2, -0.15) is 0 Å². The van der Waals surface area contributed by atoms with E-state index in [9.17, 15) is 14.4 Å². The van der Waals surface area contributed by atoms with Crippen molar-refractivity contribution in [1.82, 2.24) is 0 Å². The molecule has 24 heavy (non-hydrogen) atoms. The van der Waals surface area contributed by atoms with Crippen molar-refractivity contribution < 1.29 is 23.9 Å². The molecule has 0 saturated carbocycles. The molecule has 1 aliphatic rings. The maximum Gasteiger partial charge on any atom is 0.323 e. The van der Waals surface area contributed by atoms with Crippen LogP contribution in [0.1, 0.15) is 35.7 Å². The predicted octanol–water partition coefficient (Wildman–Crippen LogP) is 2.96. The van der Waals surface area contributed by atoms with Gasteiger partial charge in [-0.1, -0.05) is 48.1 Å². The topological polar surface area (TPSA) is 69.7 Å². The zero-order chi connectivity index (χ0) is 17.7. The van der Waals surface area contributed by atoms with E-state index in [4.69, 9.17) is 9.47 Å². The lowest BCUT2D eigenvalue weighted by Crippen LogP contribution is -2.39. The molecule has 0 radical (unpaired) electrons. The van der Waals surface area contributed by atoms with Crippen molar-refractivity contribution in [3.63, 3.8) is 0 Å². The Morgan fingerprint density at radius 3 is 2.08 bits per heavy atom. The Labute approximate surface area is 141 Å². The summed E-state index contributed by atoms with van der Waals surface area (Å²) in [6, 6.07) is 7.21. The molecule has 1 aromatic carbocycles. The van der Waals surface area contributed by atoms with E-state index in [-0.39, 0.29) is 18.6 Å². The van der Waals surface area contributed by atoms with Crippen molar-refractivity contribution in [3.05, 3.63) is 53.1 Å². The van der Waals surface area contributed by atoms with Crippen molar-refractivity contribution in [2.75, 3.05) is 14.2 Å². The first-order valence-corrected chi connectivity index (χ1v) is 7.58. The minimum Gasteiger partial charge on any atom is -0.468 e. The van der Waals surface area contributed by atoms with Gasteiger partial charge >= 0.3 is 11.9 Å². The molecule has 0 N–H and O–H groups in total. The molecule has 5 nitrogen and oxygen atoms in total. The van der Waals surface area contributed by atoms with E-state index in [2.05, 4.69) is 0 Å². The number of esters is 2. The van der Waals surface area contributed by atoms with Crippen molar-refractivity contribution in [2.24, 2.45) is 5.41 Å². The van der Waals surface area contributed by atoms with Crippen LogP contribution in [0.4, 0.5) is 0 Å². The average Bonchev–Trinajstić information content (AvgIpc) is 3.04. The number of carbonyl (C=O) groups excluding carboxylic acids is 3. The number of hydrogen-bond acceptors (Lipinski definition) is 5. The van der Waals surface area contributed by atoms with Crippen LogP contribution in [0.5, 0.6) is 0 Å². The summed E-state index contributed by atoms with van der Waals surface area (Å²) in [5, 5.41) is 0. The molecule has 0 unspecified atom stereocenters. The van der Waals surface area contributed by atoms with Crippen LogP contribution in [0.25, 0.3) is 6.08 Å². The van der Waals surface area contributed by atoms with Crippen LogP contribution >= 0.6 is 0 Å². The molecule has 0 aromatic heterocycles. The fraction of sp³-hybridized carbons (Fsp3) is 0.316. The highest BCUT2D eigenvalue weighted by Gasteiger charge is 2.50. The quantitative estimate of drug-likeness (QED) is 0.359. The number of rotatable bonds is 5. The highest BCUT2D eigenvalue weighted by molar-refractivity contribution is 6.01. The number of Topliss-reactive ketones (excluding diaryl/α,β-unsaturated/α-hetero) is 1. The van der Waals surface area contributed by atoms with Crippen LogP contribution in [-0.4, -0.2) is 31.9 Å². The number of hydrogen-bond donors (Lipinski definition) is 0. The zero-order valence-electron chi connectivity index (χ0n) is 14.0. The number of allylic oxidation sites excluding steroid dienone is 3. The van der Waals surface area contributed by atoms with Gasteiger partial charge in [0.1, 0.15) is 0 Å². The van der Waals surface area contributed by atoms with E-state index in [0.717, 1.165) is 11.1 Å². The molecule has 1 aromatic rings. The Hall–Kier alpha value is -2.69. The summed E-state index contributed by atoms with van der Waals surface area (Å²) < 4.78 is 9.56. The molecule has 0 spiro atoms. The SMILES string of the molecule is COC(=O)C1(C(=O)OC)CC=C(/[13CH]=C/c2ccc(C(C)=O)cc2)C1. The molecule has 0 aliphatic heterocycles. The molecule has 126 valence electrons. The Kier molecular flexibility index (Phi) is 5.34. The Balaban J connectivity index is 2.13. The van der Waals surface area contributed by atoms with Gasteiger partial charge in [-0.05, 0) is 25.3 Å². The Morgan fingerprint density at radius 2 is 1.58 bits per heavy atom. The van der Waals surface area contributed by atoms with Gasteiger partial charge in [0, 0.05) is 5.56 Å². The van der Waals surface area contributed by atoms with Crippen molar-refractivity contribution >= 4 is 23.8 Å². The van der Waals surface area contributed by atoms with Gasteiger partial charge in [0.2, 0.25) is 0 Å². The number of ketones is 1. The van der Waals surface area contributed by atoms with E-state index >= 15 is 0 Å². The highest BCUT2D eigenvalue weighted by atomic mass is 16.5. The van der Waals surface area contributed by atoms with Gasteiger partial charge in [0.25, 0.3) is 0 Å². The summed E-state index contributed by atoms with van der Waals surface area (Å²) in [7, 11) is 2.52. The molecule has 1 aliphatic carbocycles. The summed E-state index contributed by atoms with van der Waals surface area (Å²) >= 11 is 0. The van der Waals surface area contributed by atoms with Crippen molar-refractivity contribution in [1.29, 1.82) is 0 Å². The first-order chi connectivity index (χ1) is 11.4. The molecule has 0 atom stereocenters. The fourth-order valence-electron chi connectivity index (χ4n) is 2.74. The minimum atomic E-state index is -1.29. The van der Waals surface area contributed by atoms with Gasteiger partial charge in [-0.25, -0.2) is 0 Å². The van der Waals surface area contributed by atoms with Crippen molar-refractivity contribution in [3.8, 4) is 0 Å². The molecule has 0 fully saturated rings. The van der Waals surface area contributed by atoms with Crippen LogP contribution in [0.2, 0.25) is 0 Å². The third-order valence-corrected chi connectivity index (χ3v) is 4.18. The summed E-state index contributed by atoms with van der Waals surface area (Å²) in [6.07, 6.45) is 6.08. The van der Waals surface area contributed by atoms with E-state index in [0.29, 0.717) is 5.56 Å². The third kappa shape index (κ3) is 3.45. The fourth-order valence-corrected chi connectivity index (χ4v) is 2.74. The summed E-state index contributed by atoms with van der Waals surface area (Å²) in [5.74, 6) is -1.15. The summed E-state index contributed by atoms with van der Waals surface area (Å²) in [4.78, 5) is 35.4. The third-order valence-electron chi connectivity index (χ3n) is 4.18. The van der Waals surface area contributed by atoms with E-state index in [1.807, 2.05) is 30.4 Å². The number of carbonyl (C=O) groups is 3. The van der Waals surface area contributed by atoms with Gasteiger partial charge < -0.3 is 9.47 Å². The van der Waals surface area contributed by atoms with Gasteiger partial charge in [0.15, 0.2) is 11.2 Å². The minimum absolute atomic E-state index is 0.0185. The van der Waals surface area contributed by atoms with Crippen LogP contribution < -0.4 is 0 Å². The monoisotopic (exact) mass is 329 g/mol. The van der Waals surface area contributed by atoms with E-state index < -0.39 is 17.4 Å². The first-order valence-electron chi connectivity index (χ1n) is 7.58. The molecule has 0 heterocycles. The molecule has 2 rings (SSSR count). The normalized spacial score (nSPS) is 15.9. The molecular weight excluding hydrogens is 309 g/mol. The van der Waals surface area contributed by atoms with Crippen LogP contribution in [0.15, 0.2) is 42.0 Å². The standard InChI is InChI=1S/C19H20O5/c1-13(20)16-8-6-14(7-9-16)4-5-15-10-11-19(12-15,17(21)23-2)18(22)24-3/h4-10H,11-12H2,1-3H3/b5-4+/i5+1. The van der Waals surface area contributed by atoms with E-state index in [1.165, 1.54) is 21.1 Å².